The van der Waals surface area contributed by atoms with Crippen molar-refractivity contribution in [3.8, 4) is 5.75 Å². The Morgan fingerprint density at radius 2 is 1.88 bits per heavy atom. The van der Waals surface area contributed by atoms with E-state index >= 15 is 0 Å². The lowest BCUT2D eigenvalue weighted by Crippen LogP contribution is -2.38. The Morgan fingerprint density at radius 1 is 1.08 bits per heavy atom. The summed E-state index contributed by atoms with van der Waals surface area (Å²) in [6.07, 6.45) is 3.60. The number of pyridine rings is 1. The highest BCUT2D eigenvalue weighted by atomic mass is 127. The van der Waals surface area contributed by atoms with E-state index in [1.54, 1.807) is 7.11 Å². The first-order valence-electron chi connectivity index (χ1n) is 8.37. The zero-order valence-electron chi connectivity index (χ0n) is 14.9. The van der Waals surface area contributed by atoms with E-state index in [4.69, 9.17) is 4.74 Å². The van der Waals surface area contributed by atoms with Crippen LogP contribution in [0.2, 0.25) is 0 Å². The molecule has 0 saturated heterocycles. The van der Waals surface area contributed by atoms with Gasteiger partial charge in [0.05, 0.1) is 7.11 Å². The molecule has 1 aromatic carbocycles. The fourth-order valence-electron chi connectivity index (χ4n) is 2.29. The Kier molecular flexibility index (Phi) is 10.6. The molecule has 0 saturated carbocycles. The molecule has 0 aliphatic heterocycles. The highest BCUT2D eigenvalue weighted by Gasteiger charge is 1.99. The first kappa shape index (κ1) is 21.2. The van der Waals surface area contributed by atoms with Crippen LogP contribution in [0.4, 0.5) is 0 Å². The van der Waals surface area contributed by atoms with E-state index in [9.17, 15) is 0 Å². The second-order valence-corrected chi connectivity index (χ2v) is 5.36. The van der Waals surface area contributed by atoms with Crippen molar-refractivity contribution in [3.05, 3.63) is 59.9 Å². The molecule has 6 heteroatoms. The molecular formula is C19H27IN4O. The molecule has 0 atom stereocenters. The zero-order valence-corrected chi connectivity index (χ0v) is 17.2. The summed E-state index contributed by atoms with van der Waals surface area (Å²) >= 11 is 0. The number of benzene rings is 1. The number of rotatable bonds is 8. The third-order valence-corrected chi connectivity index (χ3v) is 3.57. The summed E-state index contributed by atoms with van der Waals surface area (Å²) in [5, 5.41) is 6.64. The minimum absolute atomic E-state index is 0. The van der Waals surface area contributed by atoms with Crippen LogP contribution in [0.3, 0.4) is 0 Å². The molecule has 5 nitrogen and oxygen atoms in total. The third-order valence-electron chi connectivity index (χ3n) is 3.57. The number of nitrogens with one attached hydrogen (secondary N) is 2. The van der Waals surface area contributed by atoms with Gasteiger partial charge in [0.2, 0.25) is 0 Å². The Morgan fingerprint density at radius 3 is 2.52 bits per heavy atom. The maximum atomic E-state index is 5.17. The molecule has 1 aromatic heterocycles. The van der Waals surface area contributed by atoms with Crippen molar-refractivity contribution in [2.75, 3.05) is 26.7 Å². The van der Waals surface area contributed by atoms with Gasteiger partial charge in [0.25, 0.3) is 0 Å². The van der Waals surface area contributed by atoms with Gasteiger partial charge < -0.3 is 15.4 Å². The van der Waals surface area contributed by atoms with Crippen molar-refractivity contribution in [1.82, 2.24) is 15.6 Å². The van der Waals surface area contributed by atoms with E-state index in [0.717, 1.165) is 49.9 Å². The van der Waals surface area contributed by atoms with Gasteiger partial charge >= 0.3 is 0 Å². The average Bonchev–Trinajstić information content (AvgIpc) is 2.63. The highest BCUT2D eigenvalue weighted by Crippen LogP contribution is 2.11. The number of aromatic nitrogens is 1. The molecule has 0 aliphatic carbocycles. The van der Waals surface area contributed by atoms with Crippen molar-refractivity contribution in [2.45, 2.75) is 19.8 Å². The van der Waals surface area contributed by atoms with Crippen LogP contribution in [0.25, 0.3) is 0 Å². The second-order valence-electron chi connectivity index (χ2n) is 5.36. The maximum absolute atomic E-state index is 5.17. The molecule has 1 heterocycles. The first-order chi connectivity index (χ1) is 11.8. The highest BCUT2D eigenvalue weighted by molar-refractivity contribution is 14.0. The molecule has 0 fully saturated rings. The summed E-state index contributed by atoms with van der Waals surface area (Å²) in [4.78, 5) is 8.92. The van der Waals surface area contributed by atoms with E-state index in [0.29, 0.717) is 0 Å². The van der Waals surface area contributed by atoms with Crippen molar-refractivity contribution in [3.63, 3.8) is 0 Å². The molecule has 136 valence electrons. The molecule has 0 radical (unpaired) electrons. The third kappa shape index (κ3) is 8.20. The number of nitrogens with zero attached hydrogens (tertiary/aromatic N) is 2. The Balaban J connectivity index is 0.00000312. The van der Waals surface area contributed by atoms with Crippen LogP contribution in [0.15, 0.2) is 53.7 Å². The normalized spacial score (nSPS) is 10.7. The van der Waals surface area contributed by atoms with Gasteiger partial charge in [-0.25, -0.2) is 0 Å². The van der Waals surface area contributed by atoms with E-state index in [1.807, 2.05) is 36.5 Å². The van der Waals surface area contributed by atoms with Gasteiger partial charge in [0.1, 0.15) is 5.75 Å². The lowest BCUT2D eigenvalue weighted by atomic mass is 10.1. The van der Waals surface area contributed by atoms with Crippen LogP contribution in [0, 0.1) is 0 Å². The van der Waals surface area contributed by atoms with Crippen molar-refractivity contribution in [2.24, 2.45) is 4.99 Å². The summed E-state index contributed by atoms with van der Waals surface area (Å²) in [7, 11) is 1.68. The quantitative estimate of drug-likeness (QED) is 0.366. The van der Waals surface area contributed by atoms with Crippen LogP contribution < -0.4 is 15.4 Å². The number of ether oxygens (including phenoxy) is 1. The molecule has 0 aliphatic rings. The summed E-state index contributed by atoms with van der Waals surface area (Å²) in [5.41, 5.74) is 2.34. The number of guanidine groups is 1. The van der Waals surface area contributed by atoms with Gasteiger partial charge in [-0.2, -0.15) is 0 Å². The fraction of sp³-hybridized carbons (Fsp3) is 0.368. The van der Waals surface area contributed by atoms with Crippen LogP contribution >= 0.6 is 24.0 Å². The second kappa shape index (κ2) is 12.5. The number of hydrogen-bond acceptors (Lipinski definition) is 3. The van der Waals surface area contributed by atoms with Crippen LogP contribution in [-0.4, -0.2) is 37.7 Å². The van der Waals surface area contributed by atoms with E-state index in [-0.39, 0.29) is 24.0 Å². The summed E-state index contributed by atoms with van der Waals surface area (Å²) in [6, 6.07) is 14.1. The molecule has 25 heavy (non-hydrogen) atoms. The Bertz CT molecular complexity index is 617. The van der Waals surface area contributed by atoms with Gasteiger partial charge in [0, 0.05) is 37.9 Å². The number of halogens is 1. The fourth-order valence-corrected chi connectivity index (χ4v) is 2.29. The summed E-state index contributed by atoms with van der Waals surface area (Å²) < 4.78 is 5.17. The predicted molar refractivity (Wildman–Crippen MR) is 114 cm³/mol. The average molecular weight is 454 g/mol. The minimum Gasteiger partial charge on any atom is -0.497 e. The number of aliphatic imine (C=N–C) groups is 1. The van der Waals surface area contributed by atoms with E-state index < -0.39 is 0 Å². The first-order valence-corrected chi connectivity index (χ1v) is 8.37. The Hall–Kier alpha value is -1.83. The summed E-state index contributed by atoms with van der Waals surface area (Å²) in [6.45, 7) is 4.47. The van der Waals surface area contributed by atoms with E-state index in [2.05, 4.69) is 39.7 Å². The molecular weight excluding hydrogens is 427 g/mol. The predicted octanol–water partition coefficient (Wildman–Crippen LogP) is 3.05. The molecule has 0 amide bonds. The largest absolute Gasteiger partial charge is 0.497 e. The van der Waals surface area contributed by atoms with Gasteiger partial charge in [-0.1, -0.05) is 18.2 Å². The topological polar surface area (TPSA) is 58.5 Å². The maximum Gasteiger partial charge on any atom is 0.191 e. The monoisotopic (exact) mass is 454 g/mol. The molecule has 2 aromatic rings. The number of hydrogen-bond donors (Lipinski definition) is 2. The molecule has 2 N–H and O–H groups in total. The zero-order chi connectivity index (χ0) is 17.0. The van der Waals surface area contributed by atoms with Crippen molar-refractivity contribution in [1.29, 1.82) is 0 Å². The molecule has 0 spiro atoms. The molecule has 0 unspecified atom stereocenters. The smallest absolute Gasteiger partial charge is 0.191 e. The SMILES string of the molecule is CCNC(=NCCc1ccccn1)NCCc1ccc(OC)cc1.I. The molecule has 2 rings (SSSR count). The van der Waals surface area contributed by atoms with Gasteiger partial charge in [-0.15, -0.1) is 24.0 Å². The standard InChI is InChI=1S/C19H26N4O.HI/c1-3-20-19(23-15-12-17-6-4-5-13-21-17)22-14-11-16-7-9-18(24-2)10-8-16;/h4-10,13H,3,11-12,14-15H2,1-2H3,(H2,20,22,23);1H. The van der Waals surface area contributed by atoms with Crippen molar-refractivity contribution < 1.29 is 4.74 Å². The number of methoxy groups -OCH3 is 1. The lowest BCUT2D eigenvalue weighted by Gasteiger charge is -2.11. The van der Waals surface area contributed by atoms with Gasteiger partial charge in [0.15, 0.2) is 5.96 Å². The van der Waals surface area contributed by atoms with Crippen LogP contribution in [-0.2, 0) is 12.8 Å². The van der Waals surface area contributed by atoms with Gasteiger partial charge in [-0.3, -0.25) is 9.98 Å². The Labute approximate surface area is 167 Å². The van der Waals surface area contributed by atoms with E-state index in [1.165, 1.54) is 5.56 Å². The molecule has 0 bridgehead atoms. The van der Waals surface area contributed by atoms with Gasteiger partial charge in [-0.05, 0) is 43.2 Å². The van der Waals surface area contributed by atoms with Crippen LogP contribution in [0.1, 0.15) is 18.2 Å². The van der Waals surface area contributed by atoms with Crippen LogP contribution in [0.5, 0.6) is 5.75 Å². The summed E-state index contributed by atoms with van der Waals surface area (Å²) in [5.74, 6) is 1.73. The van der Waals surface area contributed by atoms with Crippen molar-refractivity contribution >= 4 is 29.9 Å². The minimum atomic E-state index is 0. The lowest BCUT2D eigenvalue weighted by molar-refractivity contribution is 0.414.